The molecular formula is C20H17N3O. The van der Waals surface area contributed by atoms with Gasteiger partial charge in [0, 0.05) is 28.9 Å². The fraction of sp³-hybridized carbons (Fsp3) is 0.200. The third-order valence-corrected chi connectivity index (χ3v) is 4.86. The van der Waals surface area contributed by atoms with Crippen molar-refractivity contribution in [1.29, 1.82) is 0 Å². The van der Waals surface area contributed by atoms with Crippen LogP contribution in [0.4, 0.5) is 5.69 Å². The Labute approximate surface area is 140 Å². The number of para-hydroxylation sites is 2. The normalized spacial score (nSPS) is 19.9. The molecule has 2 aliphatic rings. The molecule has 1 aromatic heterocycles. The van der Waals surface area contributed by atoms with E-state index in [4.69, 9.17) is 0 Å². The van der Waals surface area contributed by atoms with Crippen molar-refractivity contribution in [3.8, 4) is 0 Å². The maximum Gasteiger partial charge on any atom is 0.258 e. The molecule has 0 radical (unpaired) electrons. The lowest BCUT2D eigenvalue weighted by Crippen LogP contribution is -2.44. The highest BCUT2D eigenvalue weighted by Crippen LogP contribution is 2.41. The van der Waals surface area contributed by atoms with E-state index < -0.39 is 0 Å². The summed E-state index contributed by atoms with van der Waals surface area (Å²) < 4.78 is 0. The Bertz CT molecular complexity index is 943. The second-order valence-electron chi connectivity index (χ2n) is 6.46. The molecule has 2 heterocycles. The highest BCUT2D eigenvalue weighted by atomic mass is 16.2. The number of carbonyl (C=O) groups excluding carboxylic acids is 1. The van der Waals surface area contributed by atoms with Gasteiger partial charge in [-0.05, 0) is 31.0 Å². The zero-order valence-electron chi connectivity index (χ0n) is 13.1. The lowest BCUT2D eigenvalue weighted by molar-refractivity contribution is 0.0667. The zero-order chi connectivity index (χ0) is 16.1. The molecule has 0 bridgehead atoms. The number of nitrogens with one attached hydrogen (secondary N) is 1. The fourth-order valence-electron chi connectivity index (χ4n) is 3.57. The maximum absolute atomic E-state index is 13.1. The second kappa shape index (κ2) is 5.06. The van der Waals surface area contributed by atoms with Crippen molar-refractivity contribution in [2.45, 2.75) is 25.0 Å². The van der Waals surface area contributed by atoms with Crippen molar-refractivity contribution in [1.82, 2.24) is 9.88 Å². The van der Waals surface area contributed by atoms with E-state index in [9.17, 15) is 4.79 Å². The van der Waals surface area contributed by atoms with Gasteiger partial charge in [0.1, 0.15) is 6.17 Å². The number of amides is 1. The first-order valence-corrected chi connectivity index (χ1v) is 8.35. The van der Waals surface area contributed by atoms with Crippen molar-refractivity contribution in [3.05, 3.63) is 71.9 Å². The van der Waals surface area contributed by atoms with E-state index in [1.807, 2.05) is 47.5 Å². The van der Waals surface area contributed by atoms with Crippen LogP contribution in [0.1, 0.15) is 34.9 Å². The standard InChI is InChI=1S/C20H17N3O/c24-20-15-7-1-2-9-17(15)22-19(23(20)14-10-11-14)16-8-3-5-13-6-4-12-21-18(13)16/h1-9,12,14,19,22H,10-11H2. The summed E-state index contributed by atoms with van der Waals surface area (Å²) >= 11 is 0. The number of rotatable bonds is 2. The average Bonchev–Trinajstić information content (AvgIpc) is 3.46. The van der Waals surface area contributed by atoms with Gasteiger partial charge in [-0.2, -0.15) is 0 Å². The van der Waals surface area contributed by atoms with Crippen LogP contribution in [0.25, 0.3) is 10.9 Å². The van der Waals surface area contributed by atoms with Gasteiger partial charge < -0.3 is 10.2 Å². The summed E-state index contributed by atoms with van der Waals surface area (Å²) in [6.45, 7) is 0. The van der Waals surface area contributed by atoms with Gasteiger partial charge in [-0.25, -0.2) is 0 Å². The summed E-state index contributed by atoms with van der Waals surface area (Å²) in [5.41, 5.74) is 3.67. The molecule has 118 valence electrons. The van der Waals surface area contributed by atoms with Crippen LogP contribution in [0.15, 0.2) is 60.8 Å². The molecule has 0 spiro atoms. The first kappa shape index (κ1) is 13.5. The van der Waals surface area contributed by atoms with Crippen molar-refractivity contribution < 1.29 is 4.79 Å². The zero-order valence-corrected chi connectivity index (χ0v) is 13.1. The van der Waals surface area contributed by atoms with Crippen molar-refractivity contribution in [3.63, 3.8) is 0 Å². The van der Waals surface area contributed by atoms with Crippen LogP contribution in [0.3, 0.4) is 0 Å². The molecule has 0 saturated heterocycles. The number of benzene rings is 2. The van der Waals surface area contributed by atoms with Crippen LogP contribution in [0, 0.1) is 0 Å². The molecule has 2 aromatic carbocycles. The third-order valence-electron chi connectivity index (χ3n) is 4.86. The van der Waals surface area contributed by atoms with E-state index in [2.05, 4.69) is 28.5 Å². The molecule has 1 amide bonds. The van der Waals surface area contributed by atoms with Gasteiger partial charge in [0.25, 0.3) is 5.91 Å². The van der Waals surface area contributed by atoms with Crippen LogP contribution in [0.2, 0.25) is 0 Å². The number of hydrogen-bond acceptors (Lipinski definition) is 3. The van der Waals surface area contributed by atoms with Gasteiger partial charge in [-0.15, -0.1) is 0 Å². The molecule has 1 fully saturated rings. The Hall–Kier alpha value is -2.88. The van der Waals surface area contributed by atoms with Crippen molar-refractivity contribution in [2.75, 3.05) is 5.32 Å². The molecule has 1 atom stereocenters. The number of fused-ring (bicyclic) bond motifs is 2. The molecular weight excluding hydrogens is 298 g/mol. The van der Waals surface area contributed by atoms with Crippen LogP contribution >= 0.6 is 0 Å². The van der Waals surface area contributed by atoms with Crippen molar-refractivity contribution in [2.24, 2.45) is 0 Å². The summed E-state index contributed by atoms with van der Waals surface area (Å²) in [6.07, 6.45) is 3.79. The van der Waals surface area contributed by atoms with Crippen LogP contribution < -0.4 is 5.32 Å². The minimum Gasteiger partial charge on any atom is -0.361 e. The topological polar surface area (TPSA) is 45.2 Å². The SMILES string of the molecule is O=C1c2ccccc2NC(c2cccc3cccnc23)N1C1CC1. The summed E-state index contributed by atoms with van der Waals surface area (Å²) in [7, 11) is 0. The van der Waals surface area contributed by atoms with Gasteiger partial charge in [0.15, 0.2) is 0 Å². The van der Waals surface area contributed by atoms with E-state index in [0.29, 0.717) is 6.04 Å². The molecule has 1 unspecified atom stereocenters. The number of aromatic nitrogens is 1. The Morgan fingerprint density at radius 2 is 1.83 bits per heavy atom. The van der Waals surface area contributed by atoms with Gasteiger partial charge in [-0.1, -0.05) is 36.4 Å². The fourth-order valence-corrected chi connectivity index (χ4v) is 3.57. The van der Waals surface area contributed by atoms with Crippen LogP contribution in [-0.2, 0) is 0 Å². The first-order chi connectivity index (χ1) is 11.8. The van der Waals surface area contributed by atoms with Gasteiger partial charge >= 0.3 is 0 Å². The minimum atomic E-state index is -0.168. The molecule has 5 rings (SSSR count). The minimum absolute atomic E-state index is 0.116. The van der Waals surface area contributed by atoms with E-state index in [1.165, 1.54) is 0 Å². The van der Waals surface area contributed by atoms with E-state index >= 15 is 0 Å². The van der Waals surface area contributed by atoms with E-state index in [-0.39, 0.29) is 12.1 Å². The molecule has 1 N–H and O–H groups in total. The number of nitrogens with zero attached hydrogens (tertiary/aromatic N) is 2. The van der Waals surface area contributed by atoms with Crippen LogP contribution in [0.5, 0.6) is 0 Å². The third kappa shape index (κ3) is 1.99. The summed E-state index contributed by atoms with van der Waals surface area (Å²) in [4.78, 5) is 19.7. The molecule has 24 heavy (non-hydrogen) atoms. The molecule has 1 aliphatic carbocycles. The van der Waals surface area contributed by atoms with E-state index in [0.717, 1.165) is 40.6 Å². The van der Waals surface area contributed by atoms with Gasteiger partial charge in [-0.3, -0.25) is 9.78 Å². The monoisotopic (exact) mass is 315 g/mol. The predicted octanol–water partition coefficient (Wildman–Crippen LogP) is 3.96. The molecule has 4 nitrogen and oxygen atoms in total. The molecule has 3 aromatic rings. The quantitative estimate of drug-likeness (QED) is 0.778. The highest BCUT2D eigenvalue weighted by molar-refractivity contribution is 6.02. The van der Waals surface area contributed by atoms with Gasteiger partial charge in [0.05, 0.1) is 11.1 Å². The van der Waals surface area contributed by atoms with E-state index in [1.54, 1.807) is 0 Å². The molecule has 1 saturated carbocycles. The number of pyridine rings is 1. The Balaban J connectivity index is 1.70. The van der Waals surface area contributed by atoms with Crippen molar-refractivity contribution >= 4 is 22.5 Å². The average molecular weight is 315 g/mol. The lowest BCUT2D eigenvalue weighted by Gasteiger charge is -2.38. The Morgan fingerprint density at radius 3 is 2.71 bits per heavy atom. The Kier molecular flexibility index (Phi) is 2.86. The molecule has 1 aliphatic heterocycles. The Morgan fingerprint density at radius 1 is 1.00 bits per heavy atom. The second-order valence-corrected chi connectivity index (χ2v) is 6.46. The number of carbonyl (C=O) groups is 1. The summed E-state index contributed by atoms with van der Waals surface area (Å²) in [5.74, 6) is 0.116. The number of hydrogen-bond donors (Lipinski definition) is 1. The van der Waals surface area contributed by atoms with Gasteiger partial charge in [0.2, 0.25) is 0 Å². The lowest BCUT2D eigenvalue weighted by atomic mass is 10.0. The number of anilines is 1. The summed E-state index contributed by atoms with van der Waals surface area (Å²) in [5, 5.41) is 4.67. The highest BCUT2D eigenvalue weighted by Gasteiger charge is 2.42. The predicted molar refractivity (Wildman–Crippen MR) is 93.7 cm³/mol. The smallest absolute Gasteiger partial charge is 0.258 e. The largest absolute Gasteiger partial charge is 0.361 e. The molecule has 4 heteroatoms. The summed E-state index contributed by atoms with van der Waals surface area (Å²) in [6, 6.07) is 18.3. The first-order valence-electron chi connectivity index (χ1n) is 8.35. The van der Waals surface area contributed by atoms with Crippen LogP contribution in [-0.4, -0.2) is 21.8 Å². The maximum atomic E-state index is 13.1.